The Balaban J connectivity index is 1.31. The van der Waals surface area contributed by atoms with E-state index in [1.54, 1.807) is 84.8 Å². The first-order chi connectivity index (χ1) is 19.4. The molecule has 202 valence electrons. The highest BCUT2D eigenvalue weighted by Crippen LogP contribution is 2.36. The van der Waals surface area contributed by atoms with E-state index in [1.807, 2.05) is 31.3 Å². The summed E-state index contributed by atoms with van der Waals surface area (Å²) < 4.78 is 5.21. The van der Waals surface area contributed by atoms with E-state index in [-0.39, 0.29) is 23.8 Å². The summed E-state index contributed by atoms with van der Waals surface area (Å²) >= 11 is 0. The van der Waals surface area contributed by atoms with Gasteiger partial charge in [0.15, 0.2) is 0 Å². The molecule has 0 aliphatic heterocycles. The number of amides is 3. The SMILES string of the molecule is COc1ccc(C(=O)N(C)C2CCCc3ccc(NC(=O)c4cccc(NC(=O)c5ccccc5)c4)cc32)cc1. The first-order valence-corrected chi connectivity index (χ1v) is 13.2. The van der Waals surface area contributed by atoms with Gasteiger partial charge >= 0.3 is 0 Å². The largest absolute Gasteiger partial charge is 0.497 e. The Bertz CT molecular complexity index is 1530. The molecule has 0 saturated carbocycles. The van der Waals surface area contributed by atoms with Crippen LogP contribution in [0.25, 0.3) is 0 Å². The highest BCUT2D eigenvalue weighted by atomic mass is 16.5. The van der Waals surface area contributed by atoms with Crippen LogP contribution < -0.4 is 15.4 Å². The summed E-state index contributed by atoms with van der Waals surface area (Å²) in [5.41, 5.74) is 4.96. The van der Waals surface area contributed by atoms with Gasteiger partial charge in [-0.2, -0.15) is 0 Å². The van der Waals surface area contributed by atoms with Gasteiger partial charge in [0.25, 0.3) is 17.7 Å². The fourth-order valence-electron chi connectivity index (χ4n) is 5.07. The molecular weight excluding hydrogens is 502 g/mol. The Labute approximate surface area is 233 Å². The van der Waals surface area contributed by atoms with E-state index in [0.717, 1.165) is 24.8 Å². The topological polar surface area (TPSA) is 87.7 Å². The minimum Gasteiger partial charge on any atom is -0.497 e. The van der Waals surface area contributed by atoms with Gasteiger partial charge in [-0.3, -0.25) is 14.4 Å². The predicted molar refractivity (Wildman–Crippen MR) is 156 cm³/mol. The lowest BCUT2D eigenvalue weighted by molar-refractivity contribution is 0.0714. The third-order valence-electron chi connectivity index (χ3n) is 7.23. The molecule has 0 spiro atoms. The molecule has 7 heteroatoms. The maximum absolute atomic E-state index is 13.3. The molecule has 0 bridgehead atoms. The van der Waals surface area contributed by atoms with E-state index >= 15 is 0 Å². The molecule has 3 amide bonds. The van der Waals surface area contributed by atoms with Crippen LogP contribution >= 0.6 is 0 Å². The van der Waals surface area contributed by atoms with Crippen LogP contribution in [0, 0.1) is 0 Å². The number of carbonyl (C=O) groups is 3. The molecule has 0 fully saturated rings. The number of methoxy groups -OCH3 is 1. The fourth-order valence-corrected chi connectivity index (χ4v) is 5.07. The number of rotatable bonds is 7. The fraction of sp³-hybridized carbons (Fsp3) is 0.182. The summed E-state index contributed by atoms with van der Waals surface area (Å²) in [5.74, 6) is 0.106. The third kappa shape index (κ3) is 5.89. The molecule has 7 nitrogen and oxygen atoms in total. The second kappa shape index (κ2) is 11.9. The lowest BCUT2D eigenvalue weighted by Crippen LogP contribution is -2.33. The Hall–Kier alpha value is -4.91. The summed E-state index contributed by atoms with van der Waals surface area (Å²) in [5, 5.41) is 5.83. The molecule has 1 aliphatic rings. The number of benzene rings is 4. The summed E-state index contributed by atoms with van der Waals surface area (Å²) in [6.07, 6.45) is 2.74. The van der Waals surface area contributed by atoms with Crippen LogP contribution in [0.3, 0.4) is 0 Å². The van der Waals surface area contributed by atoms with Gasteiger partial charge in [-0.05, 0) is 97.1 Å². The van der Waals surface area contributed by atoms with Crippen LogP contribution in [-0.4, -0.2) is 36.8 Å². The van der Waals surface area contributed by atoms with Crippen LogP contribution in [0.5, 0.6) is 5.75 Å². The number of hydrogen-bond acceptors (Lipinski definition) is 4. The number of ether oxygens (including phenoxy) is 1. The van der Waals surface area contributed by atoms with E-state index in [1.165, 1.54) is 5.56 Å². The molecule has 0 saturated heterocycles. The third-order valence-corrected chi connectivity index (χ3v) is 7.23. The molecule has 0 heterocycles. The van der Waals surface area contributed by atoms with Crippen molar-refractivity contribution in [1.29, 1.82) is 0 Å². The van der Waals surface area contributed by atoms with Gasteiger partial charge in [0.2, 0.25) is 0 Å². The molecule has 1 unspecified atom stereocenters. The molecule has 40 heavy (non-hydrogen) atoms. The summed E-state index contributed by atoms with van der Waals surface area (Å²) in [6, 6.07) is 28.6. The van der Waals surface area contributed by atoms with E-state index in [2.05, 4.69) is 10.6 Å². The van der Waals surface area contributed by atoms with Crippen LogP contribution in [0.1, 0.15) is 61.1 Å². The molecule has 5 rings (SSSR count). The van der Waals surface area contributed by atoms with Crippen molar-refractivity contribution in [3.63, 3.8) is 0 Å². The van der Waals surface area contributed by atoms with Crippen molar-refractivity contribution in [3.8, 4) is 5.75 Å². The number of carbonyl (C=O) groups excluding carboxylic acids is 3. The van der Waals surface area contributed by atoms with Crippen LogP contribution in [0.15, 0.2) is 97.1 Å². The quantitative estimate of drug-likeness (QED) is 0.290. The lowest BCUT2D eigenvalue weighted by atomic mass is 9.86. The van der Waals surface area contributed by atoms with Gasteiger partial charge in [-0.15, -0.1) is 0 Å². The molecule has 4 aromatic rings. The van der Waals surface area contributed by atoms with E-state index in [0.29, 0.717) is 33.8 Å². The van der Waals surface area contributed by atoms with Gasteiger partial charge in [-0.1, -0.05) is 30.3 Å². The first kappa shape index (κ1) is 26.7. The average molecular weight is 534 g/mol. The zero-order chi connectivity index (χ0) is 28.1. The van der Waals surface area contributed by atoms with Crippen molar-refractivity contribution in [2.45, 2.75) is 25.3 Å². The molecule has 4 aromatic carbocycles. The molecule has 0 aromatic heterocycles. The number of anilines is 2. The minimum absolute atomic E-state index is 0.0655. The van der Waals surface area contributed by atoms with Crippen LogP contribution in [0.2, 0.25) is 0 Å². The average Bonchev–Trinajstić information content (AvgIpc) is 3.00. The van der Waals surface area contributed by atoms with Gasteiger partial charge in [0.05, 0.1) is 13.2 Å². The monoisotopic (exact) mass is 533 g/mol. The van der Waals surface area contributed by atoms with Crippen molar-refractivity contribution >= 4 is 29.1 Å². The van der Waals surface area contributed by atoms with Crippen LogP contribution in [-0.2, 0) is 6.42 Å². The summed E-state index contributed by atoms with van der Waals surface area (Å²) in [6.45, 7) is 0. The zero-order valence-electron chi connectivity index (χ0n) is 22.5. The van der Waals surface area contributed by atoms with Crippen molar-refractivity contribution in [1.82, 2.24) is 4.90 Å². The van der Waals surface area contributed by atoms with E-state index in [4.69, 9.17) is 4.74 Å². The highest BCUT2D eigenvalue weighted by molar-refractivity contribution is 6.07. The second-order valence-electron chi connectivity index (χ2n) is 9.82. The predicted octanol–water partition coefficient (Wildman–Crippen LogP) is 6.35. The molecule has 1 aliphatic carbocycles. The number of hydrogen-bond donors (Lipinski definition) is 2. The van der Waals surface area contributed by atoms with Crippen LogP contribution in [0.4, 0.5) is 11.4 Å². The Kier molecular flexibility index (Phi) is 7.92. The number of nitrogens with one attached hydrogen (secondary N) is 2. The Morgan fingerprint density at radius 2 is 1.43 bits per heavy atom. The summed E-state index contributed by atoms with van der Waals surface area (Å²) in [4.78, 5) is 40.8. The number of fused-ring (bicyclic) bond motifs is 1. The Morgan fingerprint density at radius 3 is 2.15 bits per heavy atom. The zero-order valence-corrected chi connectivity index (χ0v) is 22.5. The van der Waals surface area contributed by atoms with Crippen molar-refractivity contribution in [3.05, 3.63) is 125 Å². The van der Waals surface area contributed by atoms with Gasteiger partial charge in [0.1, 0.15) is 5.75 Å². The molecule has 0 radical (unpaired) electrons. The number of nitrogens with zero attached hydrogens (tertiary/aromatic N) is 1. The minimum atomic E-state index is -0.286. The van der Waals surface area contributed by atoms with E-state index < -0.39 is 0 Å². The smallest absolute Gasteiger partial charge is 0.255 e. The normalized spacial score (nSPS) is 14.0. The van der Waals surface area contributed by atoms with Crippen molar-refractivity contribution in [2.24, 2.45) is 0 Å². The maximum Gasteiger partial charge on any atom is 0.255 e. The standard InChI is InChI=1S/C33H31N3O4/c1-36(33(39)24-15-18-28(40-2)19-16-24)30-13-7-10-22-14-17-27(21-29(22)30)35-32(38)25-11-6-12-26(20-25)34-31(37)23-8-4-3-5-9-23/h3-6,8-9,11-12,14-21,30H,7,10,13H2,1-2H3,(H,34,37)(H,35,38). The molecule has 1 atom stereocenters. The maximum atomic E-state index is 13.3. The van der Waals surface area contributed by atoms with E-state index in [9.17, 15) is 14.4 Å². The second-order valence-corrected chi connectivity index (χ2v) is 9.82. The van der Waals surface area contributed by atoms with Gasteiger partial charge in [-0.25, -0.2) is 0 Å². The van der Waals surface area contributed by atoms with Crippen molar-refractivity contribution in [2.75, 3.05) is 24.8 Å². The summed E-state index contributed by atoms with van der Waals surface area (Å²) in [7, 11) is 3.42. The van der Waals surface area contributed by atoms with Crippen molar-refractivity contribution < 1.29 is 19.1 Å². The first-order valence-electron chi connectivity index (χ1n) is 13.2. The Morgan fingerprint density at radius 1 is 0.750 bits per heavy atom. The van der Waals surface area contributed by atoms with Gasteiger partial charge < -0.3 is 20.3 Å². The lowest BCUT2D eigenvalue weighted by Gasteiger charge is -2.34. The number of aryl methyl sites for hydroxylation is 1. The molecule has 2 N–H and O–H groups in total. The molecular formula is C33H31N3O4. The van der Waals surface area contributed by atoms with Gasteiger partial charge in [0, 0.05) is 35.1 Å². The highest BCUT2D eigenvalue weighted by Gasteiger charge is 2.28.